The number of fused-ring (bicyclic) bond motifs is 2. The first-order valence-electron chi connectivity index (χ1n) is 13.3. The minimum Gasteiger partial charge on any atom is -0.492 e. The normalized spacial score (nSPS) is 11.9. The van der Waals surface area contributed by atoms with Crippen LogP contribution in [0.4, 0.5) is 0 Å². The van der Waals surface area contributed by atoms with Gasteiger partial charge in [-0.05, 0) is 61.8 Å². The number of allylic oxidation sites excluding steroid dienone is 2. The van der Waals surface area contributed by atoms with Gasteiger partial charge in [0.1, 0.15) is 11.5 Å². The molecular formula is C32H42O2. The van der Waals surface area contributed by atoms with Gasteiger partial charge in [0.25, 0.3) is 0 Å². The Morgan fingerprint density at radius 2 is 0.941 bits per heavy atom. The van der Waals surface area contributed by atoms with Crippen LogP contribution in [-0.2, 0) is 12.8 Å². The van der Waals surface area contributed by atoms with Gasteiger partial charge in [0.2, 0.25) is 0 Å². The molecule has 0 saturated carbocycles. The third-order valence-electron chi connectivity index (χ3n) is 6.27. The number of hydrogen-bond donors (Lipinski definition) is 0. The maximum Gasteiger partial charge on any atom is 0.135 e. The Bertz CT molecular complexity index is 1020. The van der Waals surface area contributed by atoms with Crippen LogP contribution in [0.5, 0.6) is 11.5 Å². The number of hydrogen-bond acceptors (Lipinski definition) is 2. The van der Waals surface area contributed by atoms with E-state index in [0.29, 0.717) is 13.2 Å². The van der Waals surface area contributed by atoms with Crippen molar-refractivity contribution in [2.75, 3.05) is 13.2 Å². The quantitative estimate of drug-likeness (QED) is 0.136. The zero-order valence-corrected chi connectivity index (χ0v) is 21.7. The highest BCUT2D eigenvalue weighted by atomic mass is 16.5. The molecule has 3 rings (SSSR count). The van der Waals surface area contributed by atoms with Crippen molar-refractivity contribution in [1.82, 2.24) is 0 Å². The molecule has 0 aromatic heterocycles. The van der Waals surface area contributed by atoms with Crippen molar-refractivity contribution in [2.45, 2.75) is 79.1 Å². The smallest absolute Gasteiger partial charge is 0.135 e. The monoisotopic (exact) mass is 458 g/mol. The van der Waals surface area contributed by atoms with E-state index >= 15 is 0 Å². The van der Waals surface area contributed by atoms with E-state index in [4.69, 9.17) is 9.47 Å². The van der Waals surface area contributed by atoms with Crippen molar-refractivity contribution in [3.8, 4) is 11.5 Å². The van der Waals surface area contributed by atoms with Crippen molar-refractivity contribution in [1.29, 1.82) is 0 Å². The van der Waals surface area contributed by atoms with Gasteiger partial charge in [0, 0.05) is 21.5 Å². The molecule has 0 unspecified atom stereocenters. The molecule has 2 nitrogen and oxygen atoms in total. The molecule has 0 aliphatic rings. The van der Waals surface area contributed by atoms with Crippen LogP contribution in [0, 0.1) is 0 Å². The molecule has 0 heterocycles. The number of unbranched alkanes of at least 4 members (excludes halogenated alkanes) is 2. The summed E-state index contributed by atoms with van der Waals surface area (Å²) in [7, 11) is 0. The molecule has 0 aliphatic heterocycles. The number of benzene rings is 3. The molecule has 34 heavy (non-hydrogen) atoms. The lowest BCUT2D eigenvalue weighted by Gasteiger charge is -2.19. The molecule has 0 saturated heterocycles. The zero-order valence-electron chi connectivity index (χ0n) is 21.7. The molecule has 0 N–H and O–H groups in total. The molecule has 0 atom stereocenters. The summed E-state index contributed by atoms with van der Waals surface area (Å²) < 4.78 is 13.0. The van der Waals surface area contributed by atoms with Gasteiger partial charge in [-0.15, -0.1) is 0 Å². The van der Waals surface area contributed by atoms with Crippen LogP contribution in [-0.4, -0.2) is 13.2 Å². The molecule has 0 radical (unpaired) electrons. The Hall–Kier alpha value is -2.74. The summed E-state index contributed by atoms with van der Waals surface area (Å²) in [5, 5.41) is 4.61. The van der Waals surface area contributed by atoms with Crippen molar-refractivity contribution in [3.63, 3.8) is 0 Å². The molecule has 0 aliphatic carbocycles. The Morgan fingerprint density at radius 1 is 0.529 bits per heavy atom. The molecular weight excluding hydrogens is 416 g/mol. The Balaban J connectivity index is 2.04. The molecule has 0 amide bonds. The third-order valence-corrected chi connectivity index (χ3v) is 6.27. The first kappa shape index (κ1) is 25.9. The highest BCUT2D eigenvalue weighted by Gasteiger charge is 2.17. The predicted molar refractivity (Wildman–Crippen MR) is 149 cm³/mol. The fourth-order valence-electron chi connectivity index (χ4n) is 4.26. The fraction of sp³-hybridized carbons (Fsp3) is 0.438. The van der Waals surface area contributed by atoms with Crippen LogP contribution in [0.15, 0.2) is 60.7 Å². The number of rotatable bonds is 14. The molecule has 3 aromatic carbocycles. The Morgan fingerprint density at radius 3 is 1.32 bits per heavy atom. The summed E-state index contributed by atoms with van der Waals surface area (Å²) in [4.78, 5) is 0. The molecule has 182 valence electrons. The lowest BCUT2D eigenvalue weighted by atomic mass is 9.96. The van der Waals surface area contributed by atoms with Gasteiger partial charge < -0.3 is 9.47 Å². The van der Waals surface area contributed by atoms with E-state index in [1.54, 1.807) is 0 Å². The van der Waals surface area contributed by atoms with E-state index in [2.05, 4.69) is 88.4 Å². The van der Waals surface area contributed by atoms with E-state index in [0.717, 1.165) is 71.6 Å². The van der Waals surface area contributed by atoms with Gasteiger partial charge in [0.15, 0.2) is 0 Å². The highest BCUT2D eigenvalue weighted by molar-refractivity contribution is 6.11. The molecule has 2 heteroatoms. The van der Waals surface area contributed by atoms with Gasteiger partial charge in [0.05, 0.1) is 13.2 Å². The van der Waals surface area contributed by atoms with Gasteiger partial charge in [-0.3, -0.25) is 0 Å². The molecule has 0 fully saturated rings. The summed E-state index contributed by atoms with van der Waals surface area (Å²) in [5.41, 5.74) is 2.64. The van der Waals surface area contributed by atoms with Crippen molar-refractivity contribution >= 4 is 21.5 Å². The maximum absolute atomic E-state index is 6.49. The number of ether oxygens (including phenoxy) is 2. The summed E-state index contributed by atoms with van der Waals surface area (Å²) >= 11 is 0. The average molecular weight is 459 g/mol. The minimum atomic E-state index is 0.679. The van der Waals surface area contributed by atoms with E-state index in [9.17, 15) is 0 Å². The largest absolute Gasteiger partial charge is 0.492 e. The summed E-state index contributed by atoms with van der Waals surface area (Å²) in [6, 6.07) is 13.5. The highest BCUT2D eigenvalue weighted by Crippen LogP contribution is 2.43. The summed E-state index contributed by atoms with van der Waals surface area (Å²) in [6.07, 6.45) is 17.5. The van der Waals surface area contributed by atoms with E-state index < -0.39 is 0 Å². The van der Waals surface area contributed by atoms with E-state index in [1.165, 1.54) is 24.0 Å². The van der Waals surface area contributed by atoms with Crippen LogP contribution in [0.3, 0.4) is 0 Å². The Kier molecular flexibility index (Phi) is 10.5. The van der Waals surface area contributed by atoms with E-state index in [1.807, 2.05) is 0 Å². The van der Waals surface area contributed by atoms with Gasteiger partial charge in [-0.25, -0.2) is 0 Å². The van der Waals surface area contributed by atoms with Crippen molar-refractivity contribution in [2.24, 2.45) is 0 Å². The van der Waals surface area contributed by atoms with Crippen molar-refractivity contribution in [3.05, 3.63) is 71.8 Å². The minimum absolute atomic E-state index is 0.679. The topological polar surface area (TPSA) is 18.5 Å². The van der Waals surface area contributed by atoms with Crippen LogP contribution in [0.1, 0.15) is 77.3 Å². The zero-order chi connectivity index (χ0) is 24.2. The molecule has 0 spiro atoms. The van der Waals surface area contributed by atoms with E-state index in [-0.39, 0.29) is 0 Å². The van der Waals surface area contributed by atoms with Gasteiger partial charge >= 0.3 is 0 Å². The summed E-state index contributed by atoms with van der Waals surface area (Å²) in [6.45, 7) is 10.2. The second-order valence-corrected chi connectivity index (χ2v) is 8.92. The van der Waals surface area contributed by atoms with Crippen molar-refractivity contribution < 1.29 is 9.47 Å². The first-order chi connectivity index (χ1) is 16.7. The Labute approximate surface area is 206 Å². The average Bonchev–Trinajstić information content (AvgIpc) is 2.87. The lowest BCUT2D eigenvalue weighted by Crippen LogP contribution is -2.02. The third kappa shape index (κ3) is 6.65. The van der Waals surface area contributed by atoms with Crippen LogP contribution >= 0.6 is 0 Å². The lowest BCUT2D eigenvalue weighted by molar-refractivity contribution is 0.327. The van der Waals surface area contributed by atoms with Gasteiger partial charge in [-0.1, -0.05) is 89.1 Å². The predicted octanol–water partition coefficient (Wildman–Crippen LogP) is 9.37. The second kappa shape index (κ2) is 13.8. The fourth-order valence-corrected chi connectivity index (χ4v) is 4.26. The number of aryl methyl sites for hydroxylation is 2. The maximum atomic E-state index is 6.49. The molecule has 0 bridgehead atoms. The summed E-state index contributed by atoms with van der Waals surface area (Å²) in [5.74, 6) is 1.98. The first-order valence-corrected chi connectivity index (χ1v) is 13.3. The van der Waals surface area contributed by atoms with Crippen LogP contribution in [0.25, 0.3) is 21.5 Å². The van der Waals surface area contributed by atoms with Gasteiger partial charge in [-0.2, -0.15) is 0 Å². The van der Waals surface area contributed by atoms with Crippen LogP contribution in [0.2, 0.25) is 0 Å². The SMILES string of the molecule is CCC/C=C/CCOc1c2ccc(CC)cc2c(OCC/C=C/CCC)c2ccc(CC)cc12. The molecule has 3 aromatic rings. The standard InChI is InChI=1S/C32H42O2/c1-5-9-11-13-15-21-33-31-27-19-17-26(8-4)24-30(27)32(34-22-16-14-12-10-6-2)28-20-18-25(7-3)23-29(28)31/h11-14,17-20,23-24H,5-10,15-16,21-22H2,1-4H3/b13-11+,14-12+. The van der Waals surface area contributed by atoms with Crippen LogP contribution < -0.4 is 9.47 Å². The second-order valence-electron chi connectivity index (χ2n) is 8.92.